The van der Waals surface area contributed by atoms with Crippen LogP contribution in [0.15, 0.2) is 53.7 Å². The molecule has 0 fully saturated rings. The number of halogens is 2. The Balaban J connectivity index is 1.96. The average molecular weight is 390 g/mol. The van der Waals surface area contributed by atoms with Crippen molar-refractivity contribution in [2.45, 2.75) is 19.9 Å². The van der Waals surface area contributed by atoms with E-state index in [1.807, 2.05) is 13.0 Å². The highest BCUT2D eigenvalue weighted by Crippen LogP contribution is 2.29. The highest BCUT2D eigenvalue weighted by Gasteiger charge is 2.30. The molecule has 1 heterocycles. The molecule has 1 amide bonds. The number of carbonyl (C=O) groups excluding carboxylic acids is 1. The Morgan fingerprint density at radius 2 is 1.88 bits per heavy atom. The predicted octanol–water partition coefficient (Wildman–Crippen LogP) is 4.22. The van der Waals surface area contributed by atoms with Crippen LogP contribution in [0.5, 0.6) is 0 Å². The molecule has 2 aromatic rings. The first kappa shape index (κ1) is 18.4. The number of thiocarbonyl (C=S) groups is 1. The lowest BCUT2D eigenvalue weighted by Gasteiger charge is -2.30. The van der Waals surface area contributed by atoms with E-state index in [1.165, 1.54) is 12.1 Å². The third-order valence-electron chi connectivity index (χ3n) is 4.16. The van der Waals surface area contributed by atoms with Crippen molar-refractivity contribution in [1.29, 1.82) is 0 Å². The summed E-state index contributed by atoms with van der Waals surface area (Å²) < 4.78 is 13.3. The fourth-order valence-corrected chi connectivity index (χ4v) is 3.26. The number of nitrogens with one attached hydrogen (secondary N) is 3. The van der Waals surface area contributed by atoms with Crippen LogP contribution in [-0.2, 0) is 4.79 Å². The first-order chi connectivity index (χ1) is 12.3. The van der Waals surface area contributed by atoms with Crippen LogP contribution < -0.4 is 16.0 Å². The van der Waals surface area contributed by atoms with Crippen molar-refractivity contribution in [3.63, 3.8) is 0 Å². The number of allylic oxidation sites excluding steroid dienone is 1. The summed E-state index contributed by atoms with van der Waals surface area (Å²) >= 11 is 11.2. The summed E-state index contributed by atoms with van der Waals surface area (Å²) in [5.41, 5.74) is 3.38. The summed E-state index contributed by atoms with van der Waals surface area (Å²) in [7, 11) is 0. The van der Waals surface area contributed by atoms with Gasteiger partial charge in [0.15, 0.2) is 5.11 Å². The molecule has 1 aliphatic heterocycles. The Kier molecular flexibility index (Phi) is 5.25. The second kappa shape index (κ2) is 7.43. The van der Waals surface area contributed by atoms with Crippen LogP contribution >= 0.6 is 23.8 Å². The zero-order chi connectivity index (χ0) is 18.8. The first-order valence-electron chi connectivity index (χ1n) is 7.96. The van der Waals surface area contributed by atoms with Crippen molar-refractivity contribution in [1.82, 2.24) is 10.6 Å². The van der Waals surface area contributed by atoms with Gasteiger partial charge in [0.1, 0.15) is 5.82 Å². The van der Waals surface area contributed by atoms with Gasteiger partial charge < -0.3 is 16.0 Å². The van der Waals surface area contributed by atoms with Crippen molar-refractivity contribution in [3.8, 4) is 0 Å². The molecule has 3 N–H and O–H groups in total. The van der Waals surface area contributed by atoms with Gasteiger partial charge >= 0.3 is 0 Å². The van der Waals surface area contributed by atoms with E-state index in [0.29, 0.717) is 27.1 Å². The third-order valence-corrected chi connectivity index (χ3v) is 4.62. The largest absolute Gasteiger partial charge is 0.351 e. The van der Waals surface area contributed by atoms with Gasteiger partial charge in [-0.25, -0.2) is 4.39 Å². The van der Waals surface area contributed by atoms with E-state index in [1.54, 1.807) is 31.2 Å². The minimum absolute atomic E-state index is 0.287. The first-order valence-corrected chi connectivity index (χ1v) is 8.75. The van der Waals surface area contributed by atoms with Crippen LogP contribution in [0.25, 0.3) is 0 Å². The van der Waals surface area contributed by atoms with Crippen molar-refractivity contribution >= 4 is 40.5 Å². The van der Waals surface area contributed by atoms with E-state index < -0.39 is 6.04 Å². The molecule has 134 valence electrons. The van der Waals surface area contributed by atoms with Gasteiger partial charge in [-0.3, -0.25) is 4.79 Å². The quantitative estimate of drug-likeness (QED) is 0.688. The molecule has 0 aromatic heterocycles. The zero-order valence-corrected chi connectivity index (χ0v) is 15.8. The van der Waals surface area contributed by atoms with Gasteiger partial charge in [0.25, 0.3) is 5.91 Å². The topological polar surface area (TPSA) is 53.2 Å². The summed E-state index contributed by atoms with van der Waals surface area (Å²) in [6.45, 7) is 3.67. The number of anilines is 1. The zero-order valence-electron chi connectivity index (χ0n) is 14.2. The van der Waals surface area contributed by atoms with E-state index in [-0.39, 0.29) is 11.7 Å². The Hall–Kier alpha value is -2.44. The smallest absolute Gasteiger partial charge is 0.255 e. The number of carbonyl (C=O) groups is 1. The fourth-order valence-electron chi connectivity index (χ4n) is 2.82. The molecule has 7 heteroatoms. The standard InChI is InChI=1S/C19H17ClFN3OS/c1-10-3-6-13(20)9-15(10)23-18(25)16-11(2)22-19(26)24-17(16)12-4-7-14(21)8-5-12/h3-9,17H,1-2H3,(H,23,25)(H2,22,24,26). The van der Waals surface area contributed by atoms with E-state index >= 15 is 0 Å². The average Bonchev–Trinajstić information content (AvgIpc) is 2.58. The predicted molar refractivity (Wildman–Crippen MR) is 106 cm³/mol. The van der Waals surface area contributed by atoms with E-state index in [9.17, 15) is 9.18 Å². The van der Waals surface area contributed by atoms with Crippen molar-refractivity contribution in [3.05, 3.63) is 75.7 Å². The van der Waals surface area contributed by atoms with Crippen molar-refractivity contribution < 1.29 is 9.18 Å². The molecule has 0 radical (unpaired) electrons. The monoisotopic (exact) mass is 389 g/mol. The number of benzene rings is 2. The molecule has 0 saturated carbocycles. The van der Waals surface area contributed by atoms with Gasteiger partial charge in [-0.05, 0) is 61.5 Å². The Bertz CT molecular complexity index is 912. The molecule has 0 spiro atoms. The molecule has 26 heavy (non-hydrogen) atoms. The van der Waals surface area contributed by atoms with Crippen LogP contribution in [0.4, 0.5) is 10.1 Å². The second-order valence-corrected chi connectivity index (χ2v) is 6.88. The molecule has 0 bridgehead atoms. The summed E-state index contributed by atoms with van der Waals surface area (Å²) in [4.78, 5) is 13.0. The van der Waals surface area contributed by atoms with Crippen molar-refractivity contribution in [2.24, 2.45) is 0 Å². The molecule has 0 saturated heterocycles. The van der Waals surface area contributed by atoms with Crippen LogP contribution in [0.3, 0.4) is 0 Å². The van der Waals surface area contributed by atoms with Gasteiger partial charge in [0, 0.05) is 16.4 Å². The highest BCUT2D eigenvalue weighted by atomic mass is 35.5. The van der Waals surface area contributed by atoms with Crippen LogP contribution in [0, 0.1) is 12.7 Å². The number of aryl methyl sites for hydroxylation is 1. The van der Waals surface area contributed by atoms with Crippen LogP contribution in [-0.4, -0.2) is 11.0 Å². The summed E-state index contributed by atoms with van der Waals surface area (Å²) in [5.74, 6) is -0.629. The Morgan fingerprint density at radius 1 is 1.19 bits per heavy atom. The number of hydrogen-bond donors (Lipinski definition) is 3. The molecular formula is C19H17ClFN3OS. The molecule has 4 nitrogen and oxygen atoms in total. The molecule has 1 aliphatic rings. The SMILES string of the molecule is CC1=C(C(=O)Nc2cc(Cl)ccc2C)C(c2ccc(F)cc2)NC(=S)N1. The van der Waals surface area contributed by atoms with E-state index in [4.69, 9.17) is 23.8 Å². The number of amides is 1. The van der Waals surface area contributed by atoms with Gasteiger partial charge in [-0.1, -0.05) is 29.8 Å². The van der Waals surface area contributed by atoms with Gasteiger partial charge in [0.2, 0.25) is 0 Å². The lowest BCUT2D eigenvalue weighted by Crippen LogP contribution is -2.45. The Morgan fingerprint density at radius 3 is 2.58 bits per heavy atom. The minimum atomic E-state index is -0.483. The molecule has 2 aromatic carbocycles. The number of rotatable bonds is 3. The fraction of sp³-hybridized carbons (Fsp3) is 0.158. The molecule has 3 rings (SSSR count). The Labute approximate surface area is 161 Å². The lowest BCUT2D eigenvalue weighted by molar-refractivity contribution is -0.113. The summed E-state index contributed by atoms with van der Waals surface area (Å²) in [6.07, 6.45) is 0. The van der Waals surface area contributed by atoms with Crippen LogP contribution in [0.1, 0.15) is 24.1 Å². The maximum absolute atomic E-state index is 13.3. The maximum atomic E-state index is 13.3. The van der Waals surface area contributed by atoms with Gasteiger partial charge in [-0.2, -0.15) is 0 Å². The summed E-state index contributed by atoms with van der Waals surface area (Å²) in [5, 5.41) is 9.89. The maximum Gasteiger partial charge on any atom is 0.255 e. The van der Waals surface area contributed by atoms with Gasteiger partial charge in [-0.15, -0.1) is 0 Å². The summed E-state index contributed by atoms with van der Waals surface area (Å²) in [6, 6.07) is 10.8. The van der Waals surface area contributed by atoms with Gasteiger partial charge in [0.05, 0.1) is 11.6 Å². The highest BCUT2D eigenvalue weighted by molar-refractivity contribution is 7.80. The van der Waals surface area contributed by atoms with E-state index in [0.717, 1.165) is 11.1 Å². The second-order valence-electron chi connectivity index (χ2n) is 6.04. The molecule has 0 aliphatic carbocycles. The van der Waals surface area contributed by atoms with Crippen LogP contribution in [0.2, 0.25) is 5.02 Å². The third kappa shape index (κ3) is 3.86. The minimum Gasteiger partial charge on any atom is -0.351 e. The molecule has 1 atom stereocenters. The normalized spacial score (nSPS) is 16.8. The van der Waals surface area contributed by atoms with E-state index in [2.05, 4.69) is 16.0 Å². The molecule has 1 unspecified atom stereocenters. The van der Waals surface area contributed by atoms with Crippen molar-refractivity contribution in [2.75, 3.05) is 5.32 Å². The lowest BCUT2D eigenvalue weighted by atomic mass is 9.95. The molecular weight excluding hydrogens is 373 g/mol. The number of hydrogen-bond acceptors (Lipinski definition) is 2.